The van der Waals surface area contributed by atoms with Gasteiger partial charge in [0.1, 0.15) is 11.5 Å². The summed E-state index contributed by atoms with van der Waals surface area (Å²) < 4.78 is 16.3. The van der Waals surface area contributed by atoms with Gasteiger partial charge in [0, 0.05) is 18.5 Å². The number of hydrogen-bond acceptors (Lipinski definition) is 5. The number of ether oxygens (including phenoxy) is 3. The molecule has 5 heteroatoms. The van der Waals surface area contributed by atoms with Crippen LogP contribution in [0.1, 0.15) is 30.0 Å². The molecule has 0 amide bonds. The zero-order valence-corrected chi connectivity index (χ0v) is 19.1. The quantitative estimate of drug-likeness (QED) is 0.321. The van der Waals surface area contributed by atoms with E-state index in [1.165, 1.54) is 0 Å². The van der Waals surface area contributed by atoms with E-state index in [1.807, 2.05) is 60.7 Å². The molecule has 5 rings (SSSR count). The second-order valence-corrected chi connectivity index (χ2v) is 8.47. The van der Waals surface area contributed by atoms with E-state index in [4.69, 9.17) is 14.2 Å². The van der Waals surface area contributed by atoms with Crippen molar-refractivity contribution in [3.05, 3.63) is 96.1 Å². The molecule has 0 saturated heterocycles. The highest BCUT2D eigenvalue weighted by atomic mass is 16.7. The minimum Gasteiger partial charge on any atom is -0.497 e. The molecule has 1 N–H and O–H groups in total. The predicted octanol–water partition coefficient (Wildman–Crippen LogP) is 6.32. The summed E-state index contributed by atoms with van der Waals surface area (Å²) in [5, 5.41) is 5.80. The molecular formula is C29H27NO4. The highest BCUT2D eigenvalue weighted by molar-refractivity contribution is 5.85. The summed E-state index contributed by atoms with van der Waals surface area (Å²) >= 11 is 0. The highest BCUT2D eigenvalue weighted by Gasteiger charge is 2.20. The summed E-state index contributed by atoms with van der Waals surface area (Å²) in [4.78, 5) is 13.1. The lowest BCUT2D eigenvalue weighted by atomic mass is 9.96. The summed E-state index contributed by atoms with van der Waals surface area (Å²) in [6.07, 6.45) is 1.58. The van der Waals surface area contributed by atoms with Crippen molar-refractivity contribution < 1.29 is 19.0 Å². The molecule has 1 atom stereocenters. The minimum absolute atomic E-state index is 0.159. The zero-order chi connectivity index (χ0) is 23.3. The fourth-order valence-corrected chi connectivity index (χ4v) is 4.29. The average molecular weight is 454 g/mol. The van der Waals surface area contributed by atoms with E-state index in [-0.39, 0.29) is 18.6 Å². The van der Waals surface area contributed by atoms with E-state index < -0.39 is 0 Å². The molecule has 5 nitrogen and oxygen atoms in total. The number of carbonyl (C=O) groups is 1. The lowest BCUT2D eigenvalue weighted by molar-refractivity contribution is -0.119. The van der Waals surface area contributed by atoms with Gasteiger partial charge in [0.2, 0.25) is 6.79 Å². The standard InChI is InChI=1S/C29H27NO4/c1-32-26-13-10-21-15-20(7-9-22(21)16-26)8-12-25(31)18-27(30-24-5-3-2-4-6-24)23-11-14-28-29(17-23)34-19-33-28/h2-7,9-11,13-17,27,30H,8,12,18-19H2,1H3. The van der Waals surface area contributed by atoms with Crippen LogP contribution in [-0.4, -0.2) is 19.7 Å². The molecule has 4 aromatic carbocycles. The maximum atomic E-state index is 13.1. The van der Waals surface area contributed by atoms with Gasteiger partial charge in [-0.25, -0.2) is 0 Å². The van der Waals surface area contributed by atoms with Crippen molar-refractivity contribution >= 4 is 22.2 Å². The Hall–Kier alpha value is -3.99. The topological polar surface area (TPSA) is 56.8 Å². The highest BCUT2D eigenvalue weighted by Crippen LogP contribution is 2.36. The molecule has 34 heavy (non-hydrogen) atoms. The molecule has 1 unspecified atom stereocenters. The molecule has 0 aromatic heterocycles. The van der Waals surface area contributed by atoms with Crippen molar-refractivity contribution in [1.82, 2.24) is 0 Å². The van der Waals surface area contributed by atoms with Crippen LogP contribution < -0.4 is 19.5 Å². The molecule has 0 bridgehead atoms. The first-order chi connectivity index (χ1) is 16.7. The summed E-state index contributed by atoms with van der Waals surface area (Å²) in [5.41, 5.74) is 3.13. The Morgan fingerprint density at radius 1 is 0.912 bits per heavy atom. The van der Waals surface area contributed by atoms with Crippen molar-refractivity contribution in [2.24, 2.45) is 0 Å². The molecule has 0 saturated carbocycles. The number of hydrogen-bond donors (Lipinski definition) is 1. The summed E-state index contributed by atoms with van der Waals surface area (Å²) in [7, 11) is 1.67. The van der Waals surface area contributed by atoms with Gasteiger partial charge in [-0.3, -0.25) is 4.79 Å². The third-order valence-electron chi connectivity index (χ3n) is 6.15. The van der Waals surface area contributed by atoms with Gasteiger partial charge in [-0.1, -0.05) is 48.5 Å². The molecule has 172 valence electrons. The Labute approximate surface area is 199 Å². The van der Waals surface area contributed by atoms with Crippen LogP contribution in [0.25, 0.3) is 10.8 Å². The van der Waals surface area contributed by atoms with Crippen molar-refractivity contribution in [3.8, 4) is 17.2 Å². The number of benzene rings is 4. The number of methoxy groups -OCH3 is 1. The first-order valence-electron chi connectivity index (χ1n) is 11.5. The summed E-state index contributed by atoms with van der Waals surface area (Å²) in [5.74, 6) is 2.51. The van der Waals surface area contributed by atoms with Gasteiger partial charge < -0.3 is 19.5 Å². The van der Waals surface area contributed by atoms with Gasteiger partial charge >= 0.3 is 0 Å². The molecule has 0 spiro atoms. The van der Waals surface area contributed by atoms with E-state index >= 15 is 0 Å². The Morgan fingerprint density at radius 3 is 2.56 bits per heavy atom. The fourth-order valence-electron chi connectivity index (χ4n) is 4.29. The number of ketones is 1. The number of rotatable bonds is 9. The van der Waals surface area contributed by atoms with Crippen LogP contribution in [0.5, 0.6) is 17.2 Å². The minimum atomic E-state index is -0.159. The maximum Gasteiger partial charge on any atom is 0.231 e. The number of para-hydroxylation sites is 1. The Kier molecular flexibility index (Phi) is 6.34. The summed E-state index contributed by atoms with van der Waals surface area (Å²) in [6, 6.07) is 28.0. The normalized spacial score (nSPS) is 13.0. The van der Waals surface area contributed by atoms with Crippen LogP contribution in [-0.2, 0) is 11.2 Å². The van der Waals surface area contributed by atoms with Crippen LogP contribution in [0.2, 0.25) is 0 Å². The van der Waals surface area contributed by atoms with E-state index in [9.17, 15) is 4.79 Å². The lowest BCUT2D eigenvalue weighted by Gasteiger charge is -2.20. The van der Waals surface area contributed by atoms with Crippen molar-refractivity contribution in [2.45, 2.75) is 25.3 Å². The lowest BCUT2D eigenvalue weighted by Crippen LogP contribution is -2.16. The van der Waals surface area contributed by atoms with Crippen molar-refractivity contribution in [1.29, 1.82) is 0 Å². The number of Topliss-reactive ketones (excluding diaryl/α,β-unsaturated/α-hetero) is 1. The van der Waals surface area contributed by atoms with Crippen LogP contribution in [0.15, 0.2) is 84.9 Å². The molecule has 1 aliphatic rings. The van der Waals surface area contributed by atoms with Gasteiger partial charge in [-0.15, -0.1) is 0 Å². The van der Waals surface area contributed by atoms with Crippen LogP contribution >= 0.6 is 0 Å². The van der Waals surface area contributed by atoms with Gasteiger partial charge in [-0.2, -0.15) is 0 Å². The SMILES string of the molecule is COc1ccc2cc(CCC(=O)CC(Nc3ccccc3)c3ccc4c(c3)OCO4)ccc2c1. The van der Waals surface area contributed by atoms with E-state index in [2.05, 4.69) is 29.6 Å². The van der Waals surface area contributed by atoms with E-state index in [0.717, 1.165) is 44.8 Å². The number of nitrogens with one attached hydrogen (secondary N) is 1. The van der Waals surface area contributed by atoms with Gasteiger partial charge in [0.15, 0.2) is 11.5 Å². The molecule has 1 aliphatic heterocycles. The van der Waals surface area contributed by atoms with Crippen molar-refractivity contribution in [3.63, 3.8) is 0 Å². The molecule has 1 heterocycles. The molecule has 4 aromatic rings. The molecule has 0 fully saturated rings. The second kappa shape index (κ2) is 9.87. The van der Waals surface area contributed by atoms with Gasteiger partial charge in [-0.05, 0) is 64.7 Å². The second-order valence-electron chi connectivity index (χ2n) is 8.47. The van der Waals surface area contributed by atoms with Crippen LogP contribution in [0.4, 0.5) is 5.69 Å². The first kappa shape index (κ1) is 21.8. The smallest absolute Gasteiger partial charge is 0.231 e. The number of aryl methyl sites for hydroxylation is 1. The van der Waals surface area contributed by atoms with Crippen LogP contribution in [0, 0.1) is 0 Å². The number of fused-ring (bicyclic) bond motifs is 2. The Balaban J connectivity index is 1.29. The van der Waals surface area contributed by atoms with E-state index in [0.29, 0.717) is 19.3 Å². The third-order valence-corrected chi connectivity index (χ3v) is 6.15. The molecular weight excluding hydrogens is 426 g/mol. The third kappa shape index (κ3) is 4.99. The fraction of sp³-hybridized carbons (Fsp3) is 0.207. The zero-order valence-electron chi connectivity index (χ0n) is 19.1. The van der Waals surface area contributed by atoms with Crippen LogP contribution in [0.3, 0.4) is 0 Å². The Morgan fingerprint density at radius 2 is 1.71 bits per heavy atom. The van der Waals surface area contributed by atoms with Gasteiger partial charge in [0.25, 0.3) is 0 Å². The molecule has 0 aliphatic carbocycles. The Bertz CT molecular complexity index is 1300. The summed E-state index contributed by atoms with van der Waals surface area (Å²) in [6.45, 7) is 0.229. The van der Waals surface area contributed by atoms with Crippen molar-refractivity contribution in [2.75, 3.05) is 19.2 Å². The average Bonchev–Trinajstić information content (AvgIpc) is 3.35. The van der Waals surface area contributed by atoms with E-state index in [1.54, 1.807) is 7.11 Å². The maximum absolute atomic E-state index is 13.1. The first-order valence-corrected chi connectivity index (χ1v) is 11.5. The number of anilines is 1. The predicted molar refractivity (Wildman–Crippen MR) is 134 cm³/mol. The largest absolute Gasteiger partial charge is 0.497 e. The van der Waals surface area contributed by atoms with Gasteiger partial charge in [0.05, 0.1) is 13.2 Å². The monoisotopic (exact) mass is 453 g/mol. The molecule has 0 radical (unpaired) electrons. The number of carbonyl (C=O) groups excluding carboxylic acids is 1.